The fraction of sp³-hybridized carbons (Fsp3) is 0.923. The lowest BCUT2D eigenvalue weighted by molar-refractivity contribution is 0.175. The molecule has 4 heteroatoms. The van der Waals surface area contributed by atoms with E-state index in [0.717, 1.165) is 18.8 Å². The van der Waals surface area contributed by atoms with E-state index in [1.807, 2.05) is 0 Å². The van der Waals surface area contributed by atoms with Crippen LogP contribution in [-0.4, -0.2) is 55.1 Å². The Kier molecular flexibility index (Phi) is 7.00. The van der Waals surface area contributed by atoms with Gasteiger partial charge in [0, 0.05) is 6.54 Å². The van der Waals surface area contributed by atoms with Crippen molar-refractivity contribution in [1.29, 1.82) is 0 Å². The van der Waals surface area contributed by atoms with Crippen LogP contribution in [0, 0.1) is 5.92 Å². The summed E-state index contributed by atoms with van der Waals surface area (Å²) in [5, 5.41) is 0. The quantitative estimate of drug-likeness (QED) is 0.556. The van der Waals surface area contributed by atoms with Crippen LogP contribution < -0.4 is 5.73 Å². The summed E-state index contributed by atoms with van der Waals surface area (Å²) in [7, 11) is 4.45. The molecule has 0 atom stereocenters. The molecule has 1 aliphatic rings. The van der Waals surface area contributed by atoms with Crippen molar-refractivity contribution in [3.63, 3.8) is 0 Å². The molecule has 1 fully saturated rings. The maximum Gasteiger partial charge on any atom is 0.0727 e. The number of nitrogens with two attached hydrogens (primary N) is 1. The van der Waals surface area contributed by atoms with Crippen molar-refractivity contribution >= 4 is 17.2 Å². The van der Waals surface area contributed by atoms with Crippen molar-refractivity contribution in [1.82, 2.24) is 9.80 Å². The van der Waals surface area contributed by atoms with E-state index in [1.165, 1.54) is 45.4 Å². The monoisotopic (exact) mass is 257 g/mol. The molecule has 0 aromatic rings. The van der Waals surface area contributed by atoms with E-state index < -0.39 is 0 Å². The van der Waals surface area contributed by atoms with E-state index in [0.29, 0.717) is 4.99 Å². The Morgan fingerprint density at radius 3 is 2.59 bits per heavy atom. The van der Waals surface area contributed by atoms with Gasteiger partial charge in [-0.25, -0.2) is 0 Å². The normalized spacial score (nSPS) is 18.8. The van der Waals surface area contributed by atoms with Gasteiger partial charge < -0.3 is 15.5 Å². The lowest BCUT2D eigenvalue weighted by Crippen LogP contribution is -2.36. The first kappa shape index (κ1) is 14.9. The van der Waals surface area contributed by atoms with Gasteiger partial charge in [0.25, 0.3) is 0 Å². The van der Waals surface area contributed by atoms with E-state index in [1.54, 1.807) is 0 Å². The van der Waals surface area contributed by atoms with Gasteiger partial charge in [-0.15, -0.1) is 0 Å². The van der Waals surface area contributed by atoms with Crippen LogP contribution in [0.4, 0.5) is 0 Å². The van der Waals surface area contributed by atoms with Gasteiger partial charge in [-0.1, -0.05) is 12.2 Å². The highest BCUT2D eigenvalue weighted by Gasteiger charge is 2.17. The van der Waals surface area contributed by atoms with Gasteiger partial charge in [-0.05, 0) is 71.8 Å². The maximum atomic E-state index is 5.48. The first-order valence-electron chi connectivity index (χ1n) is 6.73. The van der Waals surface area contributed by atoms with Gasteiger partial charge in [0.1, 0.15) is 0 Å². The minimum atomic E-state index is 0.656. The molecular formula is C13H27N3S. The Hall–Kier alpha value is -0.190. The topological polar surface area (TPSA) is 32.5 Å². The Bertz CT molecular complexity index is 225. The van der Waals surface area contributed by atoms with Crippen LogP contribution in [0.2, 0.25) is 0 Å². The van der Waals surface area contributed by atoms with Gasteiger partial charge in [0.15, 0.2) is 0 Å². The molecule has 0 spiro atoms. The second-order valence-electron chi connectivity index (χ2n) is 5.43. The van der Waals surface area contributed by atoms with Crippen LogP contribution in [0.25, 0.3) is 0 Å². The summed E-state index contributed by atoms with van der Waals surface area (Å²) in [6, 6.07) is 0. The molecule has 0 saturated carbocycles. The SMILES string of the molecule is CN1CCC(CN(C)CCCCC(N)=S)CC1. The molecule has 17 heavy (non-hydrogen) atoms. The van der Waals surface area contributed by atoms with Crippen molar-refractivity contribution < 1.29 is 0 Å². The van der Waals surface area contributed by atoms with E-state index in [2.05, 4.69) is 23.9 Å². The Morgan fingerprint density at radius 2 is 2.00 bits per heavy atom. The smallest absolute Gasteiger partial charge is 0.0727 e. The Labute approximate surface area is 111 Å². The number of piperidine rings is 1. The second kappa shape index (κ2) is 8.01. The zero-order valence-electron chi connectivity index (χ0n) is 11.3. The van der Waals surface area contributed by atoms with Crippen LogP contribution in [0.1, 0.15) is 32.1 Å². The van der Waals surface area contributed by atoms with Gasteiger partial charge in [0.05, 0.1) is 4.99 Å². The third-order valence-corrected chi connectivity index (χ3v) is 3.83. The number of thiocarbonyl (C=S) groups is 1. The molecule has 1 aliphatic heterocycles. The van der Waals surface area contributed by atoms with E-state index in [-0.39, 0.29) is 0 Å². The van der Waals surface area contributed by atoms with Crippen molar-refractivity contribution in [2.75, 3.05) is 40.3 Å². The van der Waals surface area contributed by atoms with Crippen LogP contribution in [0.15, 0.2) is 0 Å². The molecular weight excluding hydrogens is 230 g/mol. The first-order chi connectivity index (χ1) is 8.08. The molecule has 3 nitrogen and oxygen atoms in total. The molecule has 0 aromatic carbocycles. The zero-order valence-corrected chi connectivity index (χ0v) is 12.1. The van der Waals surface area contributed by atoms with E-state index in [4.69, 9.17) is 18.0 Å². The summed E-state index contributed by atoms with van der Waals surface area (Å²) < 4.78 is 0. The van der Waals surface area contributed by atoms with Gasteiger partial charge in [-0.2, -0.15) is 0 Å². The van der Waals surface area contributed by atoms with Crippen LogP contribution >= 0.6 is 12.2 Å². The van der Waals surface area contributed by atoms with Gasteiger partial charge >= 0.3 is 0 Å². The summed E-state index contributed by atoms with van der Waals surface area (Å²) in [6.07, 6.45) is 5.95. The second-order valence-corrected chi connectivity index (χ2v) is 5.96. The predicted molar refractivity (Wildman–Crippen MR) is 78.4 cm³/mol. The number of unbranched alkanes of at least 4 members (excludes halogenated alkanes) is 1. The lowest BCUT2D eigenvalue weighted by Gasteiger charge is -2.31. The number of hydrogen-bond acceptors (Lipinski definition) is 3. The molecule has 0 aromatic heterocycles. The van der Waals surface area contributed by atoms with Crippen LogP contribution in [0.3, 0.4) is 0 Å². The van der Waals surface area contributed by atoms with E-state index in [9.17, 15) is 0 Å². The Morgan fingerprint density at radius 1 is 1.35 bits per heavy atom. The van der Waals surface area contributed by atoms with Crippen molar-refractivity contribution in [2.45, 2.75) is 32.1 Å². The number of rotatable bonds is 7. The highest BCUT2D eigenvalue weighted by atomic mass is 32.1. The molecule has 1 saturated heterocycles. The molecule has 0 radical (unpaired) electrons. The van der Waals surface area contributed by atoms with Gasteiger partial charge in [0.2, 0.25) is 0 Å². The number of hydrogen-bond donors (Lipinski definition) is 1. The summed E-state index contributed by atoms with van der Waals surface area (Å²) in [4.78, 5) is 5.55. The van der Waals surface area contributed by atoms with Crippen molar-refractivity contribution in [3.05, 3.63) is 0 Å². The molecule has 0 unspecified atom stereocenters. The molecule has 1 rings (SSSR count). The third kappa shape index (κ3) is 6.96. The molecule has 0 aliphatic carbocycles. The van der Waals surface area contributed by atoms with Crippen LogP contribution in [-0.2, 0) is 0 Å². The molecule has 0 bridgehead atoms. The highest BCUT2D eigenvalue weighted by molar-refractivity contribution is 7.80. The average Bonchev–Trinajstić information content (AvgIpc) is 2.27. The summed E-state index contributed by atoms with van der Waals surface area (Å²) >= 11 is 4.88. The zero-order chi connectivity index (χ0) is 12.7. The fourth-order valence-electron chi connectivity index (χ4n) is 2.46. The summed E-state index contributed by atoms with van der Waals surface area (Å²) in [6.45, 7) is 4.95. The maximum absolute atomic E-state index is 5.48. The number of nitrogens with zero attached hydrogens (tertiary/aromatic N) is 2. The van der Waals surface area contributed by atoms with Crippen molar-refractivity contribution in [3.8, 4) is 0 Å². The molecule has 1 heterocycles. The van der Waals surface area contributed by atoms with Gasteiger partial charge in [-0.3, -0.25) is 0 Å². The average molecular weight is 257 g/mol. The largest absolute Gasteiger partial charge is 0.393 e. The summed E-state index contributed by atoms with van der Waals surface area (Å²) in [5.74, 6) is 0.895. The minimum Gasteiger partial charge on any atom is -0.393 e. The first-order valence-corrected chi connectivity index (χ1v) is 7.14. The van der Waals surface area contributed by atoms with Crippen molar-refractivity contribution in [2.24, 2.45) is 11.7 Å². The predicted octanol–water partition coefficient (Wildman–Crippen LogP) is 1.72. The highest BCUT2D eigenvalue weighted by Crippen LogP contribution is 2.16. The van der Waals surface area contributed by atoms with E-state index >= 15 is 0 Å². The summed E-state index contributed by atoms with van der Waals surface area (Å²) in [5.41, 5.74) is 5.48. The number of likely N-dealkylation sites (tertiary alicyclic amines) is 1. The molecule has 2 N–H and O–H groups in total. The fourth-order valence-corrected chi connectivity index (χ4v) is 2.60. The minimum absolute atomic E-state index is 0.656. The lowest BCUT2D eigenvalue weighted by atomic mass is 9.96. The third-order valence-electron chi connectivity index (χ3n) is 3.62. The molecule has 0 amide bonds. The standard InChI is InChI=1S/C13H27N3S/c1-15-9-6-12(7-10-15)11-16(2)8-4-3-5-13(14)17/h12H,3-11H2,1-2H3,(H2,14,17). The Balaban J connectivity index is 2.04. The van der Waals surface area contributed by atoms with Crippen LogP contribution in [0.5, 0.6) is 0 Å². The molecule has 100 valence electrons.